The Bertz CT molecular complexity index is 304. The zero-order valence-electron chi connectivity index (χ0n) is 7.72. The monoisotopic (exact) mass is 192 g/mol. The number of carboxylic acids is 1. The summed E-state index contributed by atoms with van der Waals surface area (Å²) in [5.41, 5.74) is 1.08. The van der Waals surface area contributed by atoms with E-state index in [0.717, 1.165) is 11.6 Å². The topological polar surface area (TPSA) is 46.5 Å². The molecule has 0 heterocycles. The number of hydrogen-bond donors (Lipinski definition) is 1. The molecule has 0 atom stereocenters. The molecule has 1 aromatic rings. The third kappa shape index (κ3) is 4.42. The van der Waals surface area contributed by atoms with Crippen LogP contribution in [-0.2, 0) is 16.1 Å². The predicted molar refractivity (Wildman–Crippen MR) is 52.9 cm³/mol. The molecule has 0 aromatic heterocycles. The van der Waals surface area contributed by atoms with Crippen LogP contribution in [-0.4, -0.2) is 17.7 Å². The number of aliphatic carboxylic acids is 1. The Kier molecular flexibility index (Phi) is 4.44. The lowest BCUT2D eigenvalue weighted by Gasteiger charge is -1.99. The molecule has 0 saturated heterocycles. The van der Waals surface area contributed by atoms with Crippen molar-refractivity contribution in [1.82, 2.24) is 0 Å². The van der Waals surface area contributed by atoms with Gasteiger partial charge >= 0.3 is 5.97 Å². The van der Waals surface area contributed by atoms with Gasteiger partial charge in [0.1, 0.15) is 0 Å². The van der Waals surface area contributed by atoms with Gasteiger partial charge in [-0.25, -0.2) is 4.79 Å². The maximum absolute atomic E-state index is 10.1. The first kappa shape index (κ1) is 10.5. The van der Waals surface area contributed by atoms with Crippen molar-refractivity contribution in [3.05, 3.63) is 48.0 Å². The summed E-state index contributed by atoms with van der Waals surface area (Å²) in [5, 5.41) is 8.29. The third-order valence-electron chi connectivity index (χ3n) is 1.59. The van der Waals surface area contributed by atoms with Crippen molar-refractivity contribution in [2.75, 3.05) is 6.61 Å². The van der Waals surface area contributed by atoms with Gasteiger partial charge in [-0.2, -0.15) is 0 Å². The number of rotatable bonds is 5. The smallest absolute Gasteiger partial charge is 0.328 e. The van der Waals surface area contributed by atoms with Crippen LogP contribution in [0.2, 0.25) is 0 Å². The van der Waals surface area contributed by atoms with Gasteiger partial charge in [0.05, 0.1) is 13.2 Å². The third-order valence-corrected chi connectivity index (χ3v) is 1.59. The van der Waals surface area contributed by atoms with E-state index in [2.05, 4.69) is 0 Å². The molecule has 0 bridgehead atoms. The molecule has 0 spiro atoms. The highest BCUT2D eigenvalue weighted by Crippen LogP contribution is 1.99. The van der Waals surface area contributed by atoms with Crippen molar-refractivity contribution >= 4 is 5.97 Å². The van der Waals surface area contributed by atoms with Crippen LogP contribution in [0.1, 0.15) is 5.56 Å². The van der Waals surface area contributed by atoms with E-state index in [1.807, 2.05) is 30.3 Å². The second-order valence-electron chi connectivity index (χ2n) is 2.74. The Hall–Kier alpha value is -1.61. The van der Waals surface area contributed by atoms with Gasteiger partial charge in [0.25, 0.3) is 0 Å². The van der Waals surface area contributed by atoms with Gasteiger partial charge < -0.3 is 9.84 Å². The summed E-state index contributed by atoms with van der Waals surface area (Å²) in [5.74, 6) is -0.951. The van der Waals surface area contributed by atoms with Gasteiger partial charge in [0.2, 0.25) is 0 Å². The zero-order chi connectivity index (χ0) is 10.2. The Morgan fingerprint density at radius 2 is 2.07 bits per heavy atom. The van der Waals surface area contributed by atoms with Crippen LogP contribution in [0.25, 0.3) is 0 Å². The zero-order valence-corrected chi connectivity index (χ0v) is 7.72. The predicted octanol–water partition coefficient (Wildman–Crippen LogP) is 1.84. The fraction of sp³-hybridized carbons (Fsp3) is 0.182. The summed E-state index contributed by atoms with van der Waals surface area (Å²) in [6.45, 7) is 0.825. The summed E-state index contributed by atoms with van der Waals surface area (Å²) in [7, 11) is 0. The van der Waals surface area contributed by atoms with E-state index in [1.165, 1.54) is 6.08 Å². The fourth-order valence-corrected chi connectivity index (χ4v) is 0.968. The maximum atomic E-state index is 10.1. The molecule has 14 heavy (non-hydrogen) atoms. The van der Waals surface area contributed by atoms with Crippen LogP contribution < -0.4 is 0 Å². The fourth-order valence-electron chi connectivity index (χ4n) is 0.968. The van der Waals surface area contributed by atoms with E-state index in [0.29, 0.717) is 13.2 Å². The second kappa shape index (κ2) is 5.94. The minimum absolute atomic E-state index is 0.321. The molecule has 0 unspecified atom stereocenters. The molecule has 74 valence electrons. The molecule has 0 saturated carbocycles. The molecule has 0 aliphatic heterocycles. The van der Waals surface area contributed by atoms with E-state index in [-0.39, 0.29) is 0 Å². The molecule has 0 radical (unpaired) electrons. The Labute approximate surface area is 82.6 Å². The molecule has 1 N–H and O–H groups in total. The number of benzene rings is 1. The maximum Gasteiger partial charge on any atom is 0.328 e. The van der Waals surface area contributed by atoms with E-state index in [4.69, 9.17) is 9.84 Å². The number of carboxylic acid groups (broad SMARTS) is 1. The Morgan fingerprint density at radius 1 is 1.36 bits per heavy atom. The van der Waals surface area contributed by atoms with Crippen LogP contribution in [0.3, 0.4) is 0 Å². The van der Waals surface area contributed by atoms with Crippen molar-refractivity contribution in [3.8, 4) is 0 Å². The van der Waals surface area contributed by atoms with Gasteiger partial charge in [0.15, 0.2) is 0 Å². The largest absolute Gasteiger partial charge is 0.478 e. The normalized spacial score (nSPS) is 10.6. The van der Waals surface area contributed by atoms with E-state index < -0.39 is 5.97 Å². The highest BCUT2D eigenvalue weighted by Gasteiger charge is 1.89. The summed E-state index contributed by atoms with van der Waals surface area (Å²) in [6.07, 6.45) is 2.55. The lowest BCUT2D eigenvalue weighted by atomic mass is 10.2. The van der Waals surface area contributed by atoms with E-state index in [9.17, 15) is 4.79 Å². The van der Waals surface area contributed by atoms with Gasteiger partial charge in [-0.15, -0.1) is 0 Å². The first-order chi connectivity index (χ1) is 6.79. The lowest BCUT2D eigenvalue weighted by Crippen LogP contribution is -1.94. The number of carbonyl (C=O) groups is 1. The summed E-state index contributed by atoms with van der Waals surface area (Å²) < 4.78 is 5.22. The number of hydrogen-bond acceptors (Lipinski definition) is 2. The molecule has 0 aliphatic rings. The SMILES string of the molecule is O=C(O)/C=C/COCc1ccccc1. The van der Waals surface area contributed by atoms with Crippen LogP contribution in [0.15, 0.2) is 42.5 Å². The average Bonchev–Trinajstić information content (AvgIpc) is 2.18. The van der Waals surface area contributed by atoms with Crippen molar-refractivity contribution in [2.24, 2.45) is 0 Å². The van der Waals surface area contributed by atoms with E-state index >= 15 is 0 Å². The van der Waals surface area contributed by atoms with Crippen LogP contribution in [0, 0.1) is 0 Å². The number of ether oxygens (including phenoxy) is 1. The summed E-state index contributed by atoms with van der Waals surface area (Å²) in [6, 6.07) is 9.73. The highest BCUT2D eigenvalue weighted by atomic mass is 16.5. The summed E-state index contributed by atoms with van der Waals surface area (Å²) >= 11 is 0. The van der Waals surface area contributed by atoms with Crippen LogP contribution >= 0.6 is 0 Å². The lowest BCUT2D eigenvalue weighted by molar-refractivity contribution is -0.131. The molecular weight excluding hydrogens is 180 g/mol. The van der Waals surface area contributed by atoms with E-state index in [1.54, 1.807) is 0 Å². The Morgan fingerprint density at radius 3 is 2.71 bits per heavy atom. The first-order valence-electron chi connectivity index (χ1n) is 4.30. The van der Waals surface area contributed by atoms with Crippen LogP contribution in [0.4, 0.5) is 0 Å². The van der Waals surface area contributed by atoms with Crippen molar-refractivity contribution < 1.29 is 14.6 Å². The van der Waals surface area contributed by atoms with Gasteiger partial charge in [-0.05, 0) is 5.56 Å². The average molecular weight is 192 g/mol. The quantitative estimate of drug-likeness (QED) is 0.572. The standard InChI is InChI=1S/C11H12O3/c12-11(13)7-4-8-14-9-10-5-2-1-3-6-10/h1-7H,8-9H2,(H,12,13)/b7-4+. The van der Waals surface area contributed by atoms with Gasteiger partial charge in [-0.1, -0.05) is 36.4 Å². The van der Waals surface area contributed by atoms with Crippen LogP contribution in [0.5, 0.6) is 0 Å². The molecule has 3 nitrogen and oxygen atoms in total. The molecule has 0 fully saturated rings. The molecule has 0 amide bonds. The molecular formula is C11H12O3. The molecule has 0 aliphatic carbocycles. The molecule has 1 rings (SSSR count). The van der Waals surface area contributed by atoms with Crippen molar-refractivity contribution in [3.63, 3.8) is 0 Å². The second-order valence-corrected chi connectivity index (χ2v) is 2.74. The minimum atomic E-state index is -0.951. The first-order valence-corrected chi connectivity index (χ1v) is 4.30. The van der Waals surface area contributed by atoms with Gasteiger partial charge in [0, 0.05) is 6.08 Å². The van der Waals surface area contributed by atoms with Crippen molar-refractivity contribution in [1.29, 1.82) is 0 Å². The molecule has 1 aromatic carbocycles. The highest BCUT2D eigenvalue weighted by molar-refractivity contribution is 5.79. The van der Waals surface area contributed by atoms with Crippen molar-refractivity contribution in [2.45, 2.75) is 6.61 Å². The molecule has 3 heteroatoms. The summed E-state index contributed by atoms with van der Waals surface area (Å²) in [4.78, 5) is 10.1. The Balaban J connectivity index is 2.19. The minimum Gasteiger partial charge on any atom is -0.478 e. The van der Waals surface area contributed by atoms with Gasteiger partial charge in [-0.3, -0.25) is 0 Å².